The summed E-state index contributed by atoms with van der Waals surface area (Å²) in [5.74, 6) is 0.905. The van der Waals surface area contributed by atoms with Crippen molar-refractivity contribution < 1.29 is 18.3 Å². The van der Waals surface area contributed by atoms with Crippen molar-refractivity contribution in [3.05, 3.63) is 41.5 Å². The van der Waals surface area contributed by atoms with E-state index < -0.39 is 11.6 Å². The second kappa shape index (κ2) is 14.9. The van der Waals surface area contributed by atoms with Crippen LogP contribution in [0.4, 0.5) is 8.78 Å². The lowest BCUT2D eigenvalue weighted by Crippen LogP contribution is -2.15. The molecule has 0 aromatic heterocycles. The lowest BCUT2D eigenvalue weighted by molar-refractivity contribution is 0.190. The zero-order chi connectivity index (χ0) is 24.2. The highest BCUT2D eigenvalue weighted by Gasteiger charge is 2.26. The lowest BCUT2D eigenvalue weighted by atomic mass is 9.76. The summed E-state index contributed by atoms with van der Waals surface area (Å²) in [6.07, 6.45) is 20.9. The van der Waals surface area contributed by atoms with Gasteiger partial charge in [0.15, 0.2) is 11.6 Å². The van der Waals surface area contributed by atoms with Crippen LogP contribution in [0.2, 0.25) is 0 Å². The van der Waals surface area contributed by atoms with Gasteiger partial charge in [-0.1, -0.05) is 44.4 Å². The van der Waals surface area contributed by atoms with Gasteiger partial charge in [0, 0.05) is 13.7 Å². The molecule has 2 aliphatic carbocycles. The monoisotopic (exact) mass is 476 g/mol. The Kier molecular flexibility index (Phi) is 11.9. The highest BCUT2D eigenvalue weighted by Crippen LogP contribution is 2.40. The quantitative estimate of drug-likeness (QED) is 0.209. The maximum Gasteiger partial charge on any atom is 0.200 e. The Morgan fingerprint density at radius 1 is 0.794 bits per heavy atom. The number of unbranched alkanes of at least 4 members (excludes halogenated alkanes) is 3. The van der Waals surface area contributed by atoms with Crippen molar-refractivity contribution in [1.29, 1.82) is 0 Å². The number of ether oxygens (including phenoxy) is 2. The Balaban J connectivity index is 1.41. The molecule has 0 spiro atoms. The lowest BCUT2D eigenvalue weighted by Gasteiger charge is -2.29. The summed E-state index contributed by atoms with van der Waals surface area (Å²) in [4.78, 5) is 0. The summed E-state index contributed by atoms with van der Waals surface area (Å²) in [6.45, 7) is 3.47. The van der Waals surface area contributed by atoms with Crippen LogP contribution in [0.3, 0.4) is 0 Å². The Hall–Kier alpha value is -1.42. The van der Waals surface area contributed by atoms with E-state index >= 15 is 0 Å². The van der Waals surface area contributed by atoms with Crippen LogP contribution in [0.25, 0.3) is 0 Å². The van der Waals surface area contributed by atoms with Crippen molar-refractivity contribution in [2.45, 2.75) is 103 Å². The number of hydrogen-bond donors (Lipinski definition) is 0. The number of allylic oxidation sites excluding steroid dienone is 2. The molecule has 2 fully saturated rings. The van der Waals surface area contributed by atoms with Crippen LogP contribution in [0.15, 0.2) is 24.3 Å². The van der Waals surface area contributed by atoms with E-state index in [1.807, 2.05) is 0 Å². The summed E-state index contributed by atoms with van der Waals surface area (Å²) in [6, 6.07) is 3.38. The van der Waals surface area contributed by atoms with Gasteiger partial charge < -0.3 is 9.47 Å². The van der Waals surface area contributed by atoms with Crippen LogP contribution in [0.1, 0.15) is 108 Å². The first-order valence-electron chi connectivity index (χ1n) is 13.9. The molecule has 2 saturated carbocycles. The Bertz CT molecular complexity index is 732. The van der Waals surface area contributed by atoms with Gasteiger partial charge in [0.05, 0.1) is 6.61 Å². The van der Waals surface area contributed by atoms with E-state index in [0.717, 1.165) is 69.8 Å². The maximum absolute atomic E-state index is 14.9. The molecule has 192 valence electrons. The van der Waals surface area contributed by atoms with E-state index in [1.54, 1.807) is 19.2 Å². The molecule has 0 saturated heterocycles. The predicted octanol–water partition coefficient (Wildman–Crippen LogP) is 8.99. The number of halogens is 2. The van der Waals surface area contributed by atoms with Crippen LogP contribution in [-0.4, -0.2) is 20.3 Å². The Morgan fingerprint density at radius 3 is 2.03 bits per heavy atom. The first-order chi connectivity index (χ1) is 16.6. The van der Waals surface area contributed by atoms with Gasteiger partial charge >= 0.3 is 0 Å². The number of methoxy groups -OCH3 is 1. The normalized spacial score (nSPS) is 25.6. The molecule has 2 nitrogen and oxygen atoms in total. The molecule has 3 rings (SSSR count). The van der Waals surface area contributed by atoms with Crippen LogP contribution < -0.4 is 4.74 Å². The third-order valence-electron chi connectivity index (χ3n) is 8.03. The topological polar surface area (TPSA) is 18.5 Å². The van der Waals surface area contributed by atoms with Gasteiger partial charge in [-0.05, 0) is 106 Å². The summed E-state index contributed by atoms with van der Waals surface area (Å²) < 4.78 is 40.1. The van der Waals surface area contributed by atoms with Crippen molar-refractivity contribution in [2.75, 3.05) is 20.3 Å². The Labute approximate surface area is 206 Å². The number of rotatable bonds is 13. The largest absolute Gasteiger partial charge is 0.490 e. The highest BCUT2D eigenvalue weighted by molar-refractivity contribution is 5.33. The minimum absolute atomic E-state index is 0.0448. The van der Waals surface area contributed by atoms with Gasteiger partial charge in [-0.3, -0.25) is 0 Å². The second-order valence-electron chi connectivity index (χ2n) is 10.6. The average molecular weight is 477 g/mol. The van der Waals surface area contributed by atoms with Gasteiger partial charge in [0.25, 0.3) is 0 Å². The van der Waals surface area contributed by atoms with Gasteiger partial charge in [0.1, 0.15) is 0 Å². The van der Waals surface area contributed by atoms with E-state index in [4.69, 9.17) is 9.47 Å². The fourth-order valence-electron chi connectivity index (χ4n) is 5.87. The molecule has 0 aliphatic heterocycles. The molecule has 1 aromatic rings. The van der Waals surface area contributed by atoms with E-state index in [2.05, 4.69) is 19.1 Å². The van der Waals surface area contributed by atoms with E-state index in [1.165, 1.54) is 38.5 Å². The minimum Gasteiger partial charge on any atom is -0.490 e. The molecule has 0 bridgehead atoms. The molecule has 1 aromatic carbocycles. The molecule has 0 unspecified atom stereocenters. The molecule has 34 heavy (non-hydrogen) atoms. The summed E-state index contributed by atoms with van der Waals surface area (Å²) >= 11 is 0. The van der Waals surface area contributed by atoms with E-state index in [0.29, 0.717) is 18.1 Å². The molecular formula is C30H46F2O2. The first-order valence-corrected chi connectivity index (χ1v) is 13.9. The van der Waals surface area contributed by atoms with Gasteiger partial charge in [-0.2, -0.15) is 4.39 Å². The van der Waals surface area contributed by atoms with Gasteiger partial charge in [0.2, 0.25) is 5.82 Å². The molecule has 0 N–H and O–H groups in total. The van der Waals surface area contributed by atoms with E-state index in [-0.39, 0.29) is 11.7 Å². The van der Waals surface area contributed by atoms with Gasteiger partial charge in [-0.15, -0.1) is 0 Å². The van der Waals surface area contributed by atoms with Crippen LogP contribution in [0, 0.1) is 29.4 Å². The molecule has 0 heterocycles. The van der Waals surface area contributed by atoms with Crippen molar-refractivity contribution in [1.82, 2.24) is 0 Å². The van der Waals surface area contributed by atoms with Crippen molar-refractivity contribution in [3.63, 3.8) is 0 Å². The number of benzene rings is 1. The molecule has 0 radical (unpaired) electrons. The van der Waals surface area contributed by atoms with Crippen molar-refractivity contribution in [3.8, 4) is 5.75 Å². The maximum atomic E-state index is 14.9. The zero-order valence-electron chi connectivity index (χ0n) is 21.5. The van der Waals surface area contributed by atoms with Crippen LogP contribution >= 0.6 is 0 Å². The molecule has 0 atom stereocenters. The smallest absolute Gasteiger partial charge is 0.200 e. The summed E-state index contributed by atoms with van der Waals surface area (Å²) in [5.41, 5.74) is 0.529. The molecule has 4 heteroatoms. The van der Waals surface area contributed by atoms with Crippen LogP contribution in [0.5, 0.6) is 5.75 Å². The average Bonchev–Trinajstić information content (AvgIpc) is 2.86. The molecule has 2 aliphatic rings. The standard InChI is InChI=1S/C30H46F2O2/c1-3-8-23-9-11-24(12-10-23)13-14-25-15-17-26(18-16-25)27-19-20-28(30(32)29(27)31)34-22-7-5-4-6-21-33-2/h13-14,19-20,23-26H,3-12,15-18,21-22H2,1-2H3. The predicted molar refractivity (Wildman–Crippen MR) is 136 cm³/mol. The molecular weight excluding hydrogens is 430 g/mol. The molecule has 0 amide bonds. The van der Waals surface area contributed by atoms with Gasteiger partial charge in [-0.25, -0.2) is 4.39 Å². The zero-order valence-corrected chi connectivity index (χ0v) is 21.5. The Morgan fingerprint density at radius 2 is 1.41 bits per heavy atom. The van der Waals surface area contributed by atoms with Crippen molar-refractivity contribution in [2.24, 2.45) is 17.8 Å². The minimum atomic E-state index is -0.822. The fraction of sp³-hybridized carbons (Fsp3) is 0.733. The second-order valence-corrected chi connectivity index (χ2v) is 10.6. The summed E-state index contributed by atoms with van der Waals surface area (Å²) in [7, 11) is 1.70. The first kappa shape index (κ1) is 27.2. The number of hydrogen-bond acceptors (Lipinski definition) is 2. The SMILES string of the molecule is CCCC1CCC(C=CC2CCC(c3ccc(OCCCCCCOC)c(F)c3F)CC2)CC1. The van der Waals surface area contributed by atoms with Crippen molar-refractivity contribution >= 4 is 0 Å². The van der Waals surface area contributed by atoms with Crippen LogP contribution in [-0.2, 0) is 4.74 Å². The van der Waals surface area contributed by atoms with E-state index in [9.17, 15) is 8.78 Å². The summed E-state index contributed by atoms with van der Waals surface area (Å²) in [5, 5.41) is 0. The third-order valence-corrected chi connectivity index (χ3v) is 8.03. The third kappa shape index (κ3) is 8.36. The fourth-order valence-corrected chi connectivity index (χ4v) is 5.87. The highest BCUT2D eigenvalue weighted by atomic mass is 19.2.